The Labute approximate surface area is 135 Å². The molecule has 0 saturated carbocycles. The average molecular weight is 371 g/mol. The summed E-state index contributed by atoms with van der Waals surface area (Å²) >= 11 is 3.22. The van der Waals surface area contributed by atoms with Gasteiger partial charge in [-0.1, -0.05) is 0 Å². The van der Waals surface area contributed by atoms with Crippen molar-refractivity contribution in [3.05, 3.63) is 33.4 Å². The summed E-state index contributed by atoms with van der Waals surface area (Å²) in [5.41, 5.74) is 1.25. The summed E-state index contributed by atoms with van der Waals surface area (Å²) < 4.78 is 10.3. The number of benzene rings is 1. The summed E-state index contributed by atoms with van der Waals surface area (Å²) in [4.78, 5) is 23.7. The number of phenolic OH excluding ortho intramolecular Hbond substituents is 1. The van der Waals surface area contributed by atoms with Gasteiger partial charge in [0, 0.05) is 5.70 Å². The number of carbonyl (C=O) groups is 2. The third-order valence-electron chi connectivity index (χ3n) is 3.28. The van der Waals surface area contributed by atoms with E-state index in [2.05, 4.69) is 26.6 Å². The molecular weight excluding hydrogens is 356 g/mol. The molecule has 1 aliphatic rings. The van der Waals surface area contributed by atoms with Gasteiger partial charge >= 0.3 is 12.0 Å². The van der Waals surface area contributed by atoms with Crippen molar-refractivity contribution < 1.29 is 24.2 Å². The second kappa shape index (κ2) is 6.27. The molecule has 1 aromatic rings. The second-order valence-corrected chi connectivity index (χ2v) is 5.47. The topological polar surface area (TPSA) is 96.9 Å². The highest BCUT2D eigenvalue weighted by Gasteiger charge is 2.32. The number of methoxy groups -OCH3 is 2. The van der Waals surface area contributed by atoms with Crippen molar-refractivity contribution in [2.24, 2.45) is 0 Å². The molecule has 3 N–H and O–H groups in total. The van der Waals surface area contributed by atoms with Gasteiger partial charge in [0.2, 0.25) is 0 Å². The van der Waals surface area contributed by atoms with E-state index in [4.69, 9.17) is 9.47 Å². The number of hydrogen-bond donors (Lipinski definition) is 3. The van der Waals surface area contributed by atoms with Crippen molar-refractivity contribution in [2.75, 3.05) is 14.2 Å². The normalized spacial score (nSPS) is 17.6. The van der Waals surface area contributed by atoms with Crippen molar-refractivity contribution in [3.8, 4) is 11.5 Å². The number of amides is 2. The summed E-state index contributed by atoms with van der Waals surface area (Å²) in [6.07, 6.45) is 0. The first-order valence-electron chi connectivity index (χ1n) is 6.32. The smallest absolute Gasteiger partial charge is 0.337 e. The van der Waals surface area contributed by atoms with Crippen LogP contribution in [-0.2, 0) is 9.53 Å². The molecule has 1 unspecified atom stereocenters. The molecule has 0 spiro atoms. The van der Waals surface area contributed by atoms with Gasteiger partial charge < -0.3 is 25.2 Å². The number of ether oxygens (including phenoxy) is 2. The Morgan fingerprint density at radius 1 is 1.36 bits per heavy atom. The zero-order chi connectivity index (χ0) is 16.4. The van der Waals surface area contributed by atoms with E-state index in [-0.39, 0.29) is 17.1 Å². The Balaban J connectivity index is 2.58. The monoisotopic (exact) mass is 370 g/mol. The molecule has 1 aliphatic heterocycles. The van der Waals surface area contributed by atoms with E-state index in [1.807, 2.05) is 0 Å². The van der Waals surface area contributed by atoms with E-state index in [1.165, 1.54) is 14.2 Å². The number of allylic oxidation sites excluding steroid dienone is 1. The first-order valence-corrected chi connectivity index (χ1v) is 7.11. The highest BCUT2D eigenvalue weighted by Crippen LogP contribution is 2.39. The molecule has 1 heterocycles. The van der Waals surface area contributed by atoms with E-state index < -0.39 is 18.0 Å². The molecule has 22 heavy (non-hydrogen) atoms. The molecule has 7 nitrogen and oxygen atoms in total. The van der Waals surface area contributed by atoms with Crippen LogP contribution in [0.2, 0.25) is 0 Å². The van der Waals surface area contributed by atoms with Crippen LogP contribution in [0.5, 0.6) is 11.5 Å². The molecule has 0 radical (unpaired) electrons. The minimum Gasteiger partial charge on any atom is -0.503 e. The SMILES string of the molecule is COC(=O)C1=C(C)NC(=O)NC1c1cc(Br)c(O)c(OC)c1. The number of esters is 1. The van der Waals surface area contributed by atoms with Gasteiger partial charge in [-0.2, -0.15) is 0 Å². The number of rotatable bonds is 3. The summed E-state index contributed by atoms with van der Waals surface area (Å²) in [6, 6.07) is 2.00. The summed E-state index contributed by atoms with van der Waals surface area (Å²) in [5.74, 6) is -0.399. The van der Waals surface area contributed by atoms with E-state index in [9.17, 15) is 14.7 Å². The highest BCUT2D eigenvalue weighted by atomic mass is 79.9. The second-order valence-electron chi connectivity index (χ2n) is 4.62. The van der Waals surface area contributed by atoms with Crippen molar-refractivity contribution in [1.29, 1.82) is 0 Å². The van der Waals surface area contributed by atoms with Gasteiger partial charge in [-0.25, -0.2) is 9.59 Å². The maximum absolute atomic E-state index is 12.0. The van der Waals surface area contributed by atoms with Gasteiger partial charge in [-0.05, 0) is 40.5 Å². The predicted molar refractivity (Wildman–Crippen MR) is 81.5 cm³/mol. The molecule has 0 aliphatic carbocycles. The fourth-order valence-corrected chi connectivity index (χ4v) is 2.70. The first-order chi connectivity index (χ1) is 10.4. The highest BCUT2D eigenvalue weighted by molar-refractivity contribution is 9.10. The van der Waals surface area contributed by atoms with Crippen molar-refractivity contribution in [2.45, 2.75) is 13.0 Å². The van der Waals surface area contributed by atoms with Crippen LogP contribution in [0, 0.1) is 0 Å². The minimum absolute atomic E-state index is 0.0631. The lowest BCUT2D eigenvalue weighted by molar-refractivity contribution is -0.136. The standard InChI is InChI=1S/C14H15BrN2O5/c1-6-10(13(19)22-3)11(17-14(20)16-6)7-4-8(15)12(18)9(5-7)21-2/h4-5,11,18H,1-3H3,(H2,16,17,20). The first kappa shape index (κ1) is 16.2. The molecular formula is C14H15BrN2O5. The molecule has 1 atom stereocenters. The molecule has 1 aromatic carbocycles. The van der Waals surface area contributed by atoms with E-state index in [0.717, 1.165) is 0 Å². The summed E-state index contributed by atoms with van der Waals surface area (Å²) in [5, 5.41) is 15.1. The molecule has 0 bridgehead atoms. The van der Waals surface area contributed by atoms with E-state index in [1.54, 1.807) is 19.1 Å². The molecule has 0 fully saturated rings. The van der Waals surface area contributed by atoms with Crippen LogP contribution in [0.15, 0.2) is 27.9 Å². The Morgan fingerprint density at radius 2 is 2.05 bits per heavy atom. The lowest BCUT2D eigenvalue weighted by atomic mass is 9.95. The Morgan fingerprint density at radius 3 is 2.64 bits per heavy atom. The van der Waals surface area contributed by atoms with Crippen LogP contribution in [0.4, 0.5) is 4.79 Å². The third kappa shape index (κ3) is 2.87. The lowest BCUT2D eigenvalue weighted by Crippen LogP contribution is -2.45. The lowest BCUT2D eigenvalue weighted by Gasteiger charge is -2.28. The van der Waals surface area contributed by atoms with Gasteiger partial charge in [0.1, 0.15) is 0 Å². The molecule has 8 heteroatoms. The Kier molecular flexibility index (Phi) is 4.60. The van der Waals surface area contributed by atoms with Crippen LogP contribution in [0.3, 0.4) is 0 Å². The quantitative estimate of drug-likeness (QED) is 0.706. The number of halogens is 1. The molecule has 2 amide bonds. The van der Waals surface area contributed by atoms with Gasteiger partial charge in [0.25, 0.3) is 0 Å². The third-order valence-corrected chi connectivity index (χ3v) is 3.88. The van der Waals surface area contributed by atoms with Crippen LogP contribution >= 0.6 is 15.9 Å². The molecule has 118 valence electrons. The van der Waals surface area contributed by atoms with Gasteiger partial charge in [0.05, 0.1) is 30.3 Å². The fourth-order valence-electron chi connectivity index (χ4n) is 2.24. The fraction of sp³-hybridized carbons (Fsp3) is 0.286. The average Bonchev–Trinajstić information content (AvgIpc) is 2.48. The molecule has 0 aromatic heterocycles. The van der Waals surface area contributed by atoms with Crippen LogP contribution < -0.4 is 15.4 Å². The number of hydrogen-bond acceptors (Lipinski definition) is 5. The van der Waals surface area contributed by atoms with Gasteiger partial charge in [0.15, 0.2) is 11.5 Å². The summed E-state index contributed by atoms with van der Waals surface area (Å²) in [7, 11) is 2.68. The number of carbonyl (C=O) groups excluding carboxylic acids is 2. The Hall–Kier alpha value is -2.22. The molecule has 2 rings (SSSR count). The molecule has 0 saturated heterocycles. The Bertz CT molecular complexity index is 671. The zero-order valence-corrected chi connectivity index (χ0v) is 13.8. The van der Waals surface area contributed by atoms with E-state index in [0.29, 0.717) is 15.7 Å². The maximum Gasteiger partial charge on any atom is 0.337 e. The number of urea groups is 1. The van der Waals surface area contributed by atoms with Crippen LogP contribution in [0.25, 0.3) is 0 Å². The number of nitrogens with one attached hydrogen (secondary N) is 2. The predicted octanol–water partition coefficient (Wildman–Crippen LogP) is 1.96. The van der Waals surface area contributed by atoms with Crippen molar-refractivity contribution in [1.82, 2.24) is 10.6 Å². The van der Waals surface area contributed by atoms with Gasteiger partial charge in [-0.3, -0.25) is 0 Å². The van der Waals surface area contributed by atoms with Crippen LogP contribution in [0.1, 0.15) is 18.5 Å². The van der Waals surface area contributed by atoms with Crippen molar-refractivity contribution in [3.63, 3.8) is 0 Å². The van der Waals surface area contributed by atoms with Gasteiger partial charge in [-0.15, -0.1) is 0 Å². The maximum atomic E-state index is 12.0. The number of phenols is 1. The largest absolute Gasteiger partial charge is 0.503 e. The number of aromatic hydroxyl groups is 1. The minimum atomic E-state index is -0.716. The zero-order valence-electron chi connectivity index (χ0n) is 12.2. The van der Waals surface area contributed by atoms with Crippen molar-refractivity contribution >= 4 is 27.9 Å². The summed E-state index contributed by atoms with van der Waals surface area (Å²) in [6.45, 7) is 1.62. The van der Waals surface area contributed by atoms with E-state index >= 15 is 0 Å². The van der Waals surface area contributed by atoms with Crippen LogP contribution in [-0.4, -0.2) is 31.3 Å².